The molecule has 1 atom stereocenters. The lowest BCUT2D eigenvalue weighted by atomic mass is 9.97. The van der Waals surface area contributed by atoms with Crippen molar-refractivity contribution in [2.24, 2.45) is 0 Å². The van der Waals surface area contributed by atoms with Crippen molar-refractivity contribution in [3.05, 3.63) is 29.3 Å². The number of hydrogen-bond acceptors (Lipinski definition) is 2. The molecule has 2 rings (SSSR count). The number of aryl methyl sites for hydroxylation is 1. The van der Waals surface area contributed by atoms with Gasteiger partial charge in [0.1, 0.15) is 0 Å². The van der Waals surface area contributed by atoms with Gasteiger partial charge in [0.15, 0.2) is 0 Å². The fraction of sp³-hybridized carbons (Fsp3) is 0.600. The van der Waals surface area contributed by atoms with Gasteiger partial charge in [-0.05, 0) is 51.8 Å². The lowest BCUT2D eigenvalue weighted by molar-refractivity contribution is 0.301. The lowest BCUT2D eigenvalue weighted by Crippen LogP contribution is -2.61. The second-order valence-corrected chi connectivity index (χ2v) is 6.03. The molecular formula is C15H24N2. The van der Waals surface area contributed by atoms with Crippen LogP contribution in [0.25, 0.3) is 0 Å². The van der Waals surface area contributed by atoms with E-state index in [9.17, 15) is 0 Å². The summed E-state index contributed by atoms with van der Waals surface area (Å²) in [7, 11) is 0. The Bertz CT molecular complexity index is 409. The molecule has 1 aliphatic heterocycles. The summed E-state index contributed by atoms with van der Waals surface area (Å²) < 4.78 is 0. The Labute approximate surface area is 105 Å². The number of nitrogens with zero attached hydrogens (tertiary/aromatic N) is 1. The molecule has 2 heteroatoms. The molecule has 1 unspecified atom stereocenters. The zero-order valence-electron chi connectivity index (χ0n) is 11.7. The maximum absolute atomic E-state index is 3.65. The standard InChI is InChI=1S/C15H24N2/c1-11-7-6-8-14(13(11)3)17-9-12(2)16-15(4,5)10-17/h6-8,12,16H,9-10H2,1-5H3. The largest absolute Gasteiger partial charge is 0.368 e. The summed E-state index contributed by atoms with van der Waals surface area (Å²) in [6, 6.07) is 7.14. The molecular weight excluding hydrogens is 208 g/mol. The maximum atomic E-state index is 3.65. The molecule has 0 saturated carbocycles. The Balaban J connectivity index is 2.30. The first-order chi connectivity index (χ1) is 7.89. The first kappa shape index (κ1) is 12.4. The molecule has 0 spiro atoms. The minimum Gasteiger partial charge on any atom is -0.368 e. The van der Waals surface area contributed by atoms with E-state index in [4.69, 9.17) is 0 Å². The topological polar surface area (TPSA) is 15.3 Å². The number of nitrogens with one attached hydrogen (secondary N) is 1. The molecule has 0 aliphatic carbocycles. The zero-order chi connectivity index (χ0) is 12.6. The zero-order valence-corrected chi connectivity index (χ0v) is 11.7. The molecule has 2 nitrogen and oxygen atoms in total. The fourth-order valence-electron chi connectivity index (χ4n) is 2.89. The monoisotopic (exact) mass is 232 g/mol. The summed E-state index contributed by atoms with van der Waals surface area (Å²) in [5.74, 6) is 0. The molecule has 1 aromatic carbocycles. The smallest absolute Gasteiger partial charge is 0.0399 e. The molecule has 1 aromatic rings. The van der Waals surface area contributed by atoms with Crippen LogP contribution in [0.4, 0.5) is 5.69 Å². The van der Waals surface area contributed by atoms with Crippen molar-refractivity contribution < 1.29 is 0 Å². The molecule has 1 heterocycles. The third-order valence-electron chi connectivity index (χ3n) is 3.63. The van der Waals surface area contributed by atoms with E-state index in [1.165, 1.54) is 16.8 Å². The molecule has 0 amide bonds. The van der Waals surface area contributed by atoms with Crippen LogP contribution in [0.5, 0.6) is 0 Å². The van der Waals surface area contributed by atoms with Crippen molar-refractivity contribution in [2.75, 3.05) is 18.0 Å². The van der Waals surface area contributed by atoms with Gasteiger partial charge in [0.25, 0.3) is 0 Å². The highest BCUT2D eigenvalue weighted by atomic mass is 15.2. The van der Waals surface area contributed by atoms with Gasteiger partial charge in [-0.3, -0.25) is 0 Å². The molecule has 17 heavy (non-hydrogen) atoms. The molecule has 1 N–H and O–H groups in total. The van der Waals surface area contributed by atoms with Crippen LogP contribution in [0, 0.1) is 13.8 Å². The van der Waals surface area contributed by atoms with Gasteiger partial charge >= 0.3 is 0 Å². The van der Waals surface area contributed by atoms with E-state index >= 15 is 0 Å². The summed E-state index contributed by atoms with van der Waals surface area (Å²) in [6.07, 6.45) is 0. The highest BCUT2D eigenvalue weighted by Crippen LogP contribution is 2.26. The van der Waals surface area contributed by atoms with Crippen LogP contribution in [-0.4, -0.2) is 24.7 Å². The Morgan fingerprint density at radius 3 is 2.65 bits per heavy atom. The molecule has 1 saturated heterocycles. The van der Waals surface area contributed by atoms with Crippen molar-refractivity contribution in [1.82, 2.24) is 5.32 Å². The second-order valence-electron chi connectivity index (χ2n) is 6.03. The predicted molar refractivity (Wildman–Crippen MR) is 74.8 cm³/mol. The third-order valence-corrected chi connectivity index (χ3v) is 3.63. The minimum atomic E-state index is 0.188. The molecule has 0 radical (unpaired) electrons. The molecule has 1 aliphatic rings. The van der Waals surface area contributed by atoms with E-state index < -0.39 is 0 Å². The molecule has 0 aromatic heterocycles. The fourth-order valence-corrected chi connectivity index (χ4v) is 2.89. The van der Waals surface area contributed by atoms with E-state index in [1.807, 2.05) is 0 Å². The number of benzene rings is 1. The van der Waals surface area contributed by atoms with Crippen LogP contribution in [-0.2, 0) is 0 Å². The van der Waals surface area contributed by atoms with Gasteiger partial charge < -0.3 is 10.2 Å². The first-order valence-electron chi connectivity index (χ1n) is 6.48. The van der Waals surface area contributed by atoms with Gasteiger partial charge in [0.05, 0.1) is 0 Å². The van der Waals surface area contributed by atoms with Crippen molar-refractivity contribution in [2.45, 2.75) is 46.2 Å². The van der Waals surface area contributed by atoms with E-state index in [0.717, 1.165) is 13.1 Å². The Morgan fingerprint density at radius 2 is 2.00 bits per heavy atom. The molecule has 94 valence electrons. The Kier molecular flexibility index (Phi) is 3.17. The van der Waals surface area contributed by atoms with Crippen molar-refractivity contribution in [3.63, 3.8) is 0 Å². The van der Waals surface area contributed by atoms with Gasteiger partial charge in [-0.15, -0.1) is 0 Å². The highest BCUT2D eigenvalue weighted by molar-refractivity contribution is 5.56. The third kappa shape index (κ3) is 2.63. The van der Waals surface area contributed by atoms with E-state index in [1.54, 1.807) is 0 Å². The second kappa shape index (κ2) is 4.34. The summed E-state index contributed by atoms with van der Waals surface area (Å²) in [5.41, 5.74) is 4.38. The average Bonchev–Trinajstić information content (AvgIpc) is 2.19. The van der Waals surface area contributed by atoms with Crippen LogP contribution in [0.3, 0.4) is 0 Å². The van der Waals surface area contributed by atoms with Gasteiger partial charge in [0.2, 0.25) is 0 Å². The van der Waals surface area contributed by atoms with Gasteiger partial charge in [-0.25, -0.2) is 0 Å². The van der Waals surface area contributed by atoms with E-state index in [2.05, 4.69) is 63.0 Å². The van der Waals surface area contributed by atoms with Crippen molar-refractivity contribution >= 4 is 5.69 Å². The summed E-state index contributed by atoms with van der Waals surface area (Å²) >= 11 is 0. The Morgan fingerprint density at radius 1 is 1.29 bits per heavy atom. The number of anilines is 1. The lowest BCUT2D eigenvalue weighted by Gasteiger charge is -2.44. The van der Waals surface area contributed by atoms with Crippen LogP contribution >= 0.6 is 0 Å². The van der Waals surface area contributed by atoms with Crippen LogP contribution in [0.15, 0.2) is 18.2 Å². The number of hydrogen-bond donors (Lipinski definition) is 1. The molecule has 1 fully saturated rings. The minimum absolute atomic E-state index is 0.188. The van der Waals surface area contributed by atoms with Crippen LogP contribution in [0.2, 0.25) is 0 Å². The van der Waals surface area contributed by atoms with Crippen LogP contribution < -0.4 is 10.2 Å². The van der Waals surface area contributed by atoms with E-state index in [-0.39, 0.29) is 5.54 Å². The predicted octanol–water partition coefficient (Wildman–Crippen LogP) is 2.88. The van der Waals surface area contributed by atoms with E-state index in [0.29, 0.717) is 6.04 Å². The quantitative estimate of drug-likeness (QED) is 0.801. The van der Waals surface area contributed by atoms with Crippen molar-refractivity contribution in [3.8, 4) is 0 Å². The highest BCUT2D eigenvalue weighted by Gasteiger charge is 2.30. The number of rotatable bonds is 1. The molecule has 0 bridgehead atoms. The normalized spacial score (nSPS) is 23.8. The average molecular weight is 232 g/mol. The van der Waals surface area contributed by atoms with Gasteiger partial charge in [-0.1, -0.05) is 12.1 Å². The summed E-state index contributed by atoms with van der Waals surface area (Å²) in [6.45, 7) is 13.4. The first-order valence-corrected chi connectivity index (χ1v) is 6.48. The summed E-state index contributed by atoms with van der Waals surface area (Å²) in [5, 5.41) is 3.65. The SMILES string of the molecule is Cc1cccc(N2CC(C)NC(C)(C)C2)c1C. The maximum Gasteiger partial charge on any atom is 0.0399 e. The van der Waals surface area contributed by atoms with Crippen molar-refractivity contribution in [1.29, 1.82) is 0 Å². The van der Waals surface area contributed by atoms with Crippen LogP contribution in [0.1, 0.15) is 31.9 Å². The number of piperazine rings is 1. The Hall–Kier alpha value is -1.02. The van der Waals surface area contributed by atoms with Gasteiger partial charge in [-0.2, -0.15) is 0 Å². The van der Waals surface area contributed by atoms with Gasteiger partial charge in [0, 0.05) is 30.4 Å². The summed E-state index contributed by atoms with van der Waals surface area (Å²) in [4.78, 5) is 2.52.